The molecular formula is C12H21N3OS. The second kappa shape index (κ2) is 5.80. The minimum atomic E-state index is 0.0452. The molecule has 2 rings (SSSR count). The highest BCUT2D eigenvalue weighted by molar-refractivity contribution is 7.71. The van der Waals surface area contributed by atoms with E-state index in [2.05, 4.69) is 16.8 Å². The van der Waals surface area contributed by atoms with Crippen LogP contribution >= 0.6 is 12.2 Å². The molecule has 0 aromatic carbocycles. The summed E-state index contributed by atoms with van der Waals surface area (Å²) in [6, 6.07) is 0. The third-order valence-electron chi connectivity index (χ3n) is 3.38. The van der Waals surface area contributed by atoms with Crippen LogP contribution in [-0.4, -0.2) is 39.2 Å². The van der Waals surface area contributed by atoms with E-state index in [1.54, 1.807) is 6.20 Å². The summed E-state index contributed by atoms with van der Waals surface area (Å²) in [5, 5.41) is 9.23. The minimum absolute atomic E-state index is 0.0452. The van der Waals surface area contributed by atoms with E-state index in [9.17, 15) is 5.11 Å². The van der Waals surface area contributed by atoms with Gasteiger partial charge < -0.3 is 19.6 Å². The fraction of sp³-hybridized carbons (Fsp3) is 0.750. The second-order valence-corrected chi connectivity index (χ2v) is 5.35. The molecule has 17 heavy (non-hydrogen) atoms. The molecule has 0 radical (unpaired) electrons. The molecule has 0 spiro atoms. The lowest BCUT2D eigenvalue weighted by molar-refractivity contribution is 0.251. The fourth-order valence-corrected chi connectivity index (χ4v) is 2.79. The quantitative estimate of drug-likeness (QED) is 0.788. The number of nitrogens with one attached hydrogen (secondary N) is 1. The zero-order valence-corrected chi connectivity index (χ0v) is 11.2. The van der Waals surface area contributed by atoms with E-state index in [0.717, 1.165) is 18.8 Å². The normalized spacial score (nSPS) is 18.7. The van der Waals surface area contributed by atoms with Crippen molar-refractivity contribution in [3.8, 4) is 0 Å². The number of nitrogens with zero attached hydrogens (tertiary/aromatic N) is 2. The van der Waals surface area contributed by atoms with Crippen LogP contribution in [0, 0.1) is 10.7 Å². The van der Waals surface area contributed by atoms with Crippen LogP contribution in [0.15, 0.2) is 6.20 Å². The van der Waals surface area contributed by atoms with Crippen LogP contribution in [0.5, 0.6) is 0 Å². The van der Waals surface area contributed by atoms with Gasteiger partial charge in [-0.1, -0.05) is 6.92 Å². The summed E-state index contributed by atoms with van der Waals surface area (Å²) < 4.78 is 2.72. The number of hydrogen-bond acceptors (Lipinski definition) is 3. The van der Waals surface area contributed by atoms with Crippen LogP contribution in [0.25, 0.3) is 0 Å². The average Bonchev–Trinajstić information content (AvgIpc) is 2.90. The highest BCUT2D eigenvalue weighted by atomic mass is 32.1. The molecule has 0 amide bonds. The van der Waals surface area contributed by atoms with Crippen LogP contribution in [0.4, 0.5) is 0 Å². The Morgan fingerprint density at radius 3 is 2.76 bits per heavy atom. The Labute approximate surface area is 107 Å². The molecule has 4 nitrogen and oxygen atoms in total. The van der Waals surface area contributed by atoms with Crippen molar-refractivity contribution in [1.82, 2.24) is 14.5 Å². The Morgan fingerprint density at radius 1 is 1.41 bits per heavy atom. The van der Waals surface area contributed by atoms with Crippen molar-refractivity contribution in [1.29, 1.82) is 0 Å². The van der Waals surface area contributed by atoms with E-state index in [4.69, 9.17) is 12.2 Å². The third kappa shape index (κ3) is 3.18. The molecule has 0 aliphatic carbocycles. The van der Waals surface area contributed by atoms with E-state index >= 15 is 0 Å². The van der Waals surface area contributed by atoms with Gasteiger partial charge in [-0.3, -0.25) is 0 Å². The summed E-state index contributed by atoms with van der Waals surface area (Å²) >= 11 is 5.22. The molecule has 2 N–H and O–H groups in total. The van der Waals surface area contributed by atoms with Crippen molar-refractivity contribution in [2.45, 2.75) is 32.9 Å². The van der Waals surface area contributed by atoms with Crippen molar-refractivity contribution in [3.05, 3.63) is 16.7 Å². The maximum atomic E-state index is 9.23. The number of imidazole rings is 1. The molecule has 96 valence electrons. The van der Waals surface area contributed by atoms with E-state index in [1.807, 2.05) is 4.57 Å². The van der Waals surface area contributed by atoms with Gasteiger partial charge >= 0.3 is 0 Å². The van der Waals surface area contributed by atoms with Crippen molar-refractivity contribution in [2.24, 2.45) is 5.92 Å². The van der Waals surface area contributed by atoms with Gasteiger partial charge in [0.2, 0.25) is 0 Å². The third-order valence-corrected chi connectivity index (χ3v) is 3.72. The van der Waals surface area contributed by atoms with Crippen molar-refractivity contribution in [3.63, 3.8) is 0 Å². The van der Waals surface area contributed by atoms with Crippen LogP contribution in [0.2, 0.25) is 0 Å². The van der Waals surface area contributed by atoms with Gasteiger partial charge in [0.25, 0.3) is 0 Å². The highest BCUT2D eigenvalue weighted by Crippen LogP contribution is 2.13. The van der Waals surface area contributed by atoms with E-state index in [1.165, 1.54) is 25.9 Å². The number of likely N-dealkylation sites (tertiary alicyclic amines) is 1. The molecule has 0 bridgehead atoms. The molecular weight excluding hydrogens is 234 g/mol. The zero-order chi connectivity index (χ0) is 12.3. The Kier molecular flexibility index (Phi) is 4.36. The van der Waals surface area contributed by atoms with E-state index in [0.29, 0.717) is 10.7 Å². The Morgan fingerprint density at radius 2 is 2.12 bits per heavy atom. The molecule has 0 saturated carbocycles. The molecule has 1 atom stereocenters. The lowest BCUT2D eigenvalue weighted by atomic mass is 10.1. The topological polar surface area (TPSA) is 44.2 Å². The highest BCUT2D eigenvalue weighted by Gasteiger charge is 2.15. The van der Waals surface area contributed by atoms with Gasteiger partial charge in [-0.05, 0) is 44.1 Å². The lowest BCUT2D eigenvalue weighted by Gasteiger charge is -2.21. The number of aromatic amines is 1. The Balaban J connectivity index is 1.94. The number of rotatable bonds is 5. The standard InChI is InChI=1S/C12H21N3OS/c1-10(7-14-4-2-3-5-14)8-15-11(9-16)6-13-12(15)17/h6,10,16H,2-5,7-9H2,1H3,(H,13,17). The molecule has 1 fully saturated rings. The molecule has 2 heterocycles. The molecule has 1 aliphatic rings. The summed E-state index contributed by atoms with van der Waals surface area (Å²) in [6.45, 7) is 6.76. The van der Waals surface area contributed by atoms with Crippen LogP contribution in [-0.2, 0) is 13.2 Å². The Bertz CT molecular complexity index is 406. The number of aromatic nitrogens is 2. The monoisotopic (exact) mass is 255 g/mol. The molecule has 1 aliphatic heterocycles. The summed E-state index contributed by atoms with van der Waals surface area (Å²) in [5.74, 6) is 0.556. The van der Waals surface area contributed by atoms with Crippen LogP contribution in [0.3, 0.4) is 0 Å². The van der Waals surface area contributed by atoms with Crippen molar-refractivity contribution in [2.75, 3.05) is 19.6 Å². The summed E-state index contributed by atoms with van der Waals surface area (Å²) in [4.78, 5) is 5.50. The van der Waals surface area contributed by atoms with Gasteiger partial charge in [0.05, 0.1) is 12.3 Å². The van der Waals surface area contributed by atoms with E-state index < -0.39 is 0 Å². The first-order valence-corrected chi connectivity index (χ1v) is 6.72. The predicted octanol–water partition coefficient (Wildman–Crippen LogP) is 1.77. The first-order chi connectivity index (χ1) is 8.20. The van der Waals surface area contributed by atoms with Crippen molar-refractivity contribution < 1.29 is 5.11 Å². The largest absolute Gasteiger partial charge is 0.390 e. The van der Waals surface area contributed by atoms with Gasteiger partial charge in [-0.2, -0.15) is 0 Å². The fourth-order valence-electron chi connectivity index (χ4n) is 2.54. The molecule has 1 saturated heterocycles. The van der Waals surface area contributed by atoms with Gasteiger partial charge in [-0.15, -0.1) is 0 Å². The number of aliphatic hydroxyl groups is 1. The van der Waals surface area contributed by atoms with Crippen molar-refractivity contribution >= 4 is 12.2 Å². The van der Waals surface area contributed by atoms with Crippen LogP contribution < -0.4 is 0 Å². The number of H-pyrrole nitrogens is 1. The molecule has 1 aromatic rings. The SMILES string of the molecule is CC(CN1CCCC1)Cn1c(CO)c[nH]c1=S. The molecule has 5 heteroatoms. The summed E-state index contributed by atoms with van der Waals surface area (Å²) in [7, 11) is 0. The first-order valence-electron chi connectivity index (χ1n) is 6.31. The maximum Gasteiger partial charge on any atom is 0.177 e. The van der Waals surface area contributed by atoms with Gasteiger partial charge in [0.15, 0.2) is 4.77 Å². The smallest absolute Gasteiger partial charge is 0.177 e. The van der Waals surface area contributed by atoms with E-state index in [-0.39, 0.29) is 6.61 Å². The van der Waals surface area contributed by atoms with Crippen LogP contribution in [0.1, 0.15) is 25.5 Å². The second-order valence-electron chi connectivity index (χ2n) is 4.97. The summed E-state index contributed by atoms with van der Waals surface area (Å²) in [6.07, 6.45) is 4.46. The van der Waals surface area contributed by atoms with Gasteiger partial charge in [0.1, 0.15) is 0 Å². The Hall–Kier alpha value is -0.650. The minimum Gasteiger partial charge on any atom is -0.390 e. The summed E-state index contributed by atoms with van der Waals surface area (Å²) in [5.41, 5.74) is 0.878. The number of aliphatic hydroxyl groups excluding tert-OH is 1. The molecule has 1 unspecified atom stereocenters. The maximum absolute atomic E-state index is 9.23. The average molecular weight is 255 g/mol. The predicted molar refractivity (Wildman–Crippen MR) is 70.4 cm³/mol. The molecule has 1 aromatic heterocycles. The first kappa shape index (κ1) is 12.8. The number of hydrogen-bond donors (Lipinski definition) is 2. The lowest BCUT2D eigenvalue weighted by Crippen LogP contribution is -2.28. The van der Waals surface area contributed by atoms with Gasteiger partial charge in [-0.25, -0.2) is 0 Å². The van der Waals surface area contributed by atoms with Gasteiger partial charge in [0, 0.05) is 19.3 Å². The zero-order valence-electron chi connectivity index (χ0n) is 10.4.